The van der Waals surface area contributed by atoms with Crippen molar-refractivity contribution in [3.05, 3.63) is 41.3 Å². The van der Waals surface area contributed by atoms with Gasteiger partial charge in [-0.15, -0.1) is 0 Å². The molecule has 0 bridgehead atoms. The number of carbonyl (C=O) groups is 1. The molecule has 7 nitrogen and oxygen atoms in total. The van der Waals surface area contributed by atoms with Crippen LogP contribution in [-0.2, 0) is 11.8 Å². The Hall–Kier alpha value is -3.34. The van der Waals surface area contributed by atoms with Crippen LogP contribution in [0, 0.1) is 25.6 Å². The Morgan fingerprint density at radius 2 is 1.87 bits per heavy atom. The average Bonchev–Trinajstić information content (AvgIpc) is 3.43. The van der Waals surface area contributed by atoms with E-state index in [1.807, 2.05) is 30.8 Å². The molecule has 3 heterocycles. The monoisotopic (exact) mass is 533 g/mol. The smallest absolute Gasteiger partial charge is 0.378 e. The van der Waals surface area contributed by atoms with Crippen molar-refractivity contribution in [2.45, 2.75) is 32.9 Å². The maximum absolute atomic E-state index is 15.0. The molecule has 0 radical (unpaired) electrons. The number of benzene rings is 2. The van der Waals surface area contributed by atoms with Crippen LogP contribution in [0.25, 0.3) is 22.0 Å². The van der Waals surface area contributed by atoms with Gasteiger partial charge >= 0.3 is 12.2 Å². The summed E-state index contributed by atoms with van der Waals surface area (Å²) >= 11 is 0. The van der Waals surface area contributed by atoms with Gasteiger partial charge in [0.25, 0.3) is 0 Å². The molecule has 2 fully saturated rings. The topological polar surface area (TPSA) is 62.6 Å². The van der Waals surface area contributed by atoms with Crippen LogP contribution < -0.4 is 10.2 Å². The van der Waals surface area contributed by atoms with Crippen molar-refractivity contribution in [3.8, 4) is 11.1 Å². The Balaban J connectivity index is 1.46. The van der Waals surface area contributed by atoms with Gasteiger partial charge in [-0.05, 0) is 67.1 Å². The zero-order valence-corrected chi connectivity index (χ0v) is 21.7. The molecule has 38 heavy (non-hydrogen) atoms. The van der Waals surface area contributed by atoms with Crippen molar-refractivity contribution >= 4 is 28.3 Å². The zero-order valence-electron chi connectivity index (χ0n) is 21.7. The summed E-state index contributed by atoms with van der Waals surface area (Å²) in [6, 6.07) is 6.43. The molecule has 0 saturated carbocycles. The Kier molecular flexibility index (Phi) is 6.97. The minimum atomic E-state index is -4.27. The predicted octanol–water partition coefficient (Wildman–Crippen LogP) is 5.64. The first kappa shape index (κ1) is 26.3. The number of fused-ring (bicyclic) bond motifs is 1. The molecule has 0 aliphatic carbocycles. The van der Waals surface area contributed by atoms with E-state index in [0.717, 1.165) is 46.5 Å². The number of urea groups is 1. The number of amides is 2. The third-order valence-electron chi connectivity index (χ3n) is 7.53. The molecule has 2 aromatic carbocycles. The van der Waals surface area contributed by atoms with Gasteiger partial charge in [-0.2, -0.15) is 18.3 Å². The van der Waals surface area contributed by atoms with Crippen molar-refractivity contribution < 1.29 is 27.1 Å². The van der Waals surface area contributed by atoms with Crippen molar-refractivity contribution in [2.24, 2.45) is 13.0 Å². The summed E-state index contributed by atoms with van der Waals surface area (Å²) in [6.07, 6.45) is -4.94. The van der Waals surface area contributed by atoms with E-state index in [4.69, 9.17) is 9.84 Å². The van der Waals surface area contributed by atoms with Crippen LogP contribution >= 0.6 is 0 Å². The number of aryl methyl sites for hydroxylation is 3. The highest BCUT2D eigenvalue weighted by Crippen LogP contribution is 2.37. The SMILES string of the molecule is Cc1cc(F)c(NC(=O)N2CCC(CC(F)(F)F)C2)cc1-c1cc(N2CCOCC2)c2nn(C)c(C)c2c1. The highest BCUT2D eigenvalue weighted by atomic mass is 19.4. The van der Waals surface area contributed by atoms with Gasteiger partial charge in [0.2, 0.25) is 0 Å². The molecule has 2 aliphatic rings. The third-order valence-corrected chi connectivity index (χ3v) is 7.53. The zero-order chi connectivity index (χ0) is 27.2. The normalized spacial score (nSPS) is 18.4. The lowest BCUT2D eigenvalue weighted by Crippen LogP contribution is -2.36. The quantitative estimate of drug-likeness (QED) is 0.441. The lowest BCUT2D eigenvalue weighted by Gasteiger charge is -2.29. The Morgan fingerprint density at radius 1 is 1.13 bits per heavy atom. The number of likely N-dealkylation sites (tertiary alicyclic amines) is 1. The Labute approximate surface area is 218 Å². The fraction of sp³-hybridized carbons (Fsp3) is 0.481. The van der Waals surface area contributed by atoms with E-state index in [0.29, 0.717) is 18.8 Å². The van der Waals surface area contributed by atoms with Crippen LogP contribution in [0.2, 0.25) is 0 Å². The molecule has 2 saturated heterocycles. The number of nitrogens with one attached hydrogen (secondary N) is 1. The average molecular weight is 534 g/mol. The minimum absolute atomic E-state index is 0.00839. The van der Waals surface area contributed by atoms with Crippen molar-refractivity contribution in [1.82, 2.24) is 14.7 Å². The number of nitrogens with zero attached hydrogens (tertiary/aromatic N) is 4. The van der Waals surface area contributed by atoms with E-state index in [2.05, 4.69) is 10.2 Å². The molecule has 2 aliphatic heterocycles. The number of morpholine rings is 1. The Bertz CT molecular complexity index is 1360. The van der Waals surface area contributed by atoms with Crippen molar-refractivity contribution in [1.29, 1.82) is 0 Å². The highest BCUT2D eigenvalue weighted by molar-refractivity contribution is 5.98. The molecule has 1 atom stereocenters. The predicted molar refractivity (Wildman–Crippen MR) is 138 cm³/mol. The molecule has 0 spiro atoms. The maximum Gasteiger partial charge on any atom is 0.389 e. The lowest BCUT2D eigenvalue weighted by atomic mass is 9.96. The van der Waals surface area contributed by atoms with Gasteiger partial charge in [-0.3, -0.25) is 4.68 Å². The molecule has 2 amide bonds. The number of hydrogen-bond acceptors (Lipinski definition) is 4. The summed E-state index contributed by atoms with van der Waals surface area (Å²) in [7, 11) is 1.90. The van der Waals surface area contributed by atoms with E-state index < -0.39 is 30.4 Å². The van der Waals surface area contributed by atoms with Crippen molar-refractivity contribution in [3.63, 3.8) is 0 Å². The molecule has 11 heteroatoms. The number of anilines is 2. The second kappa shape index (κ2) is 10.1. The fourth-order valence-electron chi connectivity index (χ4n) is 5.38. The van der Waals surface area contributed by atoms with Crippen LogP contribution in [0.3, 0.4) is 0 Å². The first-order valence-corrected chi connectivity index (χ1v) is 12.7. The summed E-state index contributed by atoms with van der Waals surface area (Å²) in [5.74, 6) is -1.25. The van der Waals surface area contributed by atoms with E-state index in [9.17, 15) is 22.4 Å². The standard InChI is InChI=1S/C27H31F4N5O2/c1-16-10-22(28)23(32-26(37)36-5-4-18(15-36)14-27(29,30)31)13-20(16)19-11-21-17(2)34(3)33-25(21)24(12-19)35-6-8-38-9-7-35/h10-13,18H,4-9,14-15H2,1-3H3,(H,32,37). The summed E-state index contributed by atoms with van der Waals surface area (Å²) in [5, 5.41) is 8.30. The largest absolute Gasteiger partial charge is 0.389 e. The summed E-state index contributed by atoms with van der Waals surface area (Å²) in [5.41, 5.74) is 5.13. The molecule has 5 rings (SSSR count). The fourth-order valence-corrected chi connectivity index (χ4v) is 5.38. The van der Waals surface area contributed by atoms with Crippen LogP contribution in [0.15, 0.2) is 24.3 Å². The minimum Gasteiger partial charge on any atom is -0.378 e. The summed E-state index contributed by atoms with van der Waals surface area (Å²) in [6.45, 7) is 6.67. The molecule has 1 aromatic heterocycles. The third kappa shape index (κ3) is 5.29. The van der Waals surface area contributed by atoms with Gasteiger partial charge in [-0.1, -0.05) is 0 Å². The first-order valence-electron chi connectivity index (χ1n) is 12.7. The first-order chi connectivity index (χ1) is 18.0. The van der Waals surface area contributed by atoms with E-state index in [1.54, 1.807) is 13.0 Å². The molecule has 1 N–H and O–H groups in total. The molecule has 3 aromatic rings. The van der Waals surface area contributed by atoms with Gasteiger partial charge in [-0.25, -0.2) is 9.18 Å². The number of rotatable bonds is 4. The van der Waals surface area contributed by atoms with Crippen LogP contribution in [-0.4, -0.2) is 66.3 Å². The van der Waals surface area contributed by atoms with Gasteiger partial charge in [0.1, 0.15) is 11.3 Å². The number of ether oxygens (including phenoxy) is 1. The lowest BCUT2D eigenvalue weighted by molar-refractivity contribution is -0.143. The molecular formula is C27H31F4N5O2. The van der Waals surface area contributed by atoms with Crippen LogP contribution in [0.4, 0.5) is 33.7 Å². The Morgan fingerprint density at radius 3 is 2.58 bits per heavy atom. The second-order valence-electron chi connectivity index (χ2n) is 10.2. The number of alkyl halides is 3. The van der Waals surface area contributed by atoms with E-state index in [-0.39, 0.29) is 25.2 Å². The van der Waals surface area contributed by atoms with E-state index >= 15 is 0 Å². The number of carbonyl (C=O) groups excluding carboxylic acids is 1. The van der Waals surface area contributed by atoms with Crippen LogP contribution in [0.1, 0.15) is 24.1 Å². The number of aromatic nitrogens is 2. The number of hydrogen-bond donors (Lipinski definition) is 1. The highest BCUT2D eigenvalue weighted by Gasteiger charge is 2.36. The number of halogens is 4. The van der Waals surface area contributed by atoms with Gasteiger partial charge in [0.05, 0.1) is 24.6 Å². The van der Waals surface area contributed by atoms with Gasteiger partial charge < -0.3 is 19.9 Å². The maximum atomic E-state index is 15.0. The summed E-state index contributed by atoms with van der Waals surface area (Å²) in [4.78, 5) is 16.4. The second-order valence-corrected chi connectivity index (χ2v) is 10.2. The van der Waals surface area contributed by atoms with Gasteiger partial charge in [0, 0.05) is 50.7 Å². The molecular weight excluding hydrogens is 502 g/mol. The van der Waals surface area contributed by atoms with Crippen molar-refractivity contribution in [2.75, 3.05) is 49.6 Å². The van der Waals surface area contributed by atoms with Gasteiger partial charge in [0.15, 0.2) is 0 Å². The molecule has 204 valence electrons. The van der Waals surface area contributed by atoms with Crippen LogP contribution in [0.5, 0.6) is 0 Å². The molecule has 1 unspecified atom stereocenters. The summed E-state index contributed by atoms with van der Waals surface area (Å²) < 4.78 is 60.6. The van der Waals surface area contributed by atoms with E-state index in [1.165, 1.54) is 11.0 Å².